The third-order valence-corrected chi connectivity index (χ3v) is 6.99. The molecule has 2 saturated heterocycles. The highest BCUT2D eigenvalue weighted by Crippen LogP contribution is 2.29. The molecule has 10 nitrogen and oxygen atoms in total. The minimum atomic E-state index is -0.922. The highest BCUT2D eigenvalue weighted by molar-refractivity contribution is 6.07. The van der Waals surface area contributed by atoms with Crippen LogP contribution in [-0.2, 0) is 23.9 Å². The second kappa shape index (κ2) is 12.2. The van der Waals surface area contributed by atoms with E-state index in [1.807, 2.05) is 19.1 Å². The van der Waals surface area contributed by atoms with E-state index in [4.69, 9.17) is 9.47 Å². The molecule has 2 aromatic rings. The Balaban J connectivity index is 1.45. The molecule has 2 aromatic carbocycles. The Hall–Kier alpha value is -3.99. The summed E-state index contributed by atoms with van der Waals surface area (Å²) in [6.45, 7) is 4.31. The Bertz CT molecular complexity index is 1240. The van der Waals surface area contributed by atoms with E-state index >= 15 is 4.39 Å². The molecule has 0 aliphatic carbocycles. The average molecular weight is 541 g/mol. The first kappa shape index (κ1) is 28.0. The normalized spacial score (nSPS) is 21.0. The van der Waals surface area contributed by atoms with Gasteiger partial charge >= 0.3 is 12.0 Å². The van der Waals surface area contributed by atoms with Gasteiger partial charge in [-0.2, -0.15) is 0 Å². The number of carbonyl (C=O) groups is 4. The number of aryl methyl sites for hydroxylation is 1. The van der Waals surface area contributed by atoms with Gasteiger partial charge in [0.05, 0.1) is 18.4 Å². The molecule has 39 heavy (non-hydrogen) atoms. The maximum absolute atomic E-state index is 15.1. The van der Waals surface area contributed by atoms with Gasteiger partial charge in [0, 0.05) is 38.0 Å². The molecule has 208 valence electrons. The summed E-state index contributed by atoms with van der Waals surface area (Å²) in [5, 5.41) is 5.36. The summed E-state index contributed by atoms with van der Waals surface area (Å²) in [6.07, 6.45) is 0.844. The lowest BCUT2D eigenvalue weighted by molar-refractivity contribution is -0.152. The standard InChI is InChI=1S/C28H33FN4O6/c1-4-39-27(36)21-6-5-13-32(26(21)35)19-11-12-23(22(29)14-19)31-25(34)24-15-20(38-3)16-33(24)28(37)30-18-9-7-17(2)8-10-18/h7-12,14,20-21,24H,4-6,13,15-16H2,1-3H3,(H,30,37)(H,31,34)/t20-,21?,24-/m1/s1. The van der Waals surface area contributed by atoms with E-state index in [2.05, 4.69) is 10.6 Å². The van der Waals surface area contributed by atoms with Crippen molar-refractivity contribution in [1.29, 1.82) is 0 Å². The molecular formula is C28H33FN4O6. The monoisotopic (exact) mass is 540 g/mol. The van der Waals surface area contributed by atoms with Gasteiger partial charge in [0.15, 0.2) is 0 Å². The van der Waals surface area contributed by atoms with Gasteiger partial charge in [-0.1, -0.05) is 17.7 Å². The smallest absolute Gasteiger partial charge is 0.322 e. The number of urea groups is 1. The number of halogens is 1. The number of nitrogens with zero attached hydrogens (tertiary/aromatic N) is 2. The molecule has 2 aliphatic heterocycles. The lowest BCUT2D eigenvalue weighted by Gasteiger charge is -2.31. The number of ether oxygens (including phenoxy) is 2. The first-order valence-corrected chi connectivity index (χ1v) is 13.0. The zero-order chi connectivity index (χ0) is 28.1. The zero-order valence-corrected chi connectivity index (χ0v) is 22.2. The number of piperidine rings is 1. The number of rotatable bonds is 7. The zero-order valence-electron chi connectivity index (χ0n) is 22.2. The Morgan fingerprint density at radius 3 is 2.51 bits per heavy atom. The SMILES string of the molecule is CCOC(=O)C1CCCN(c2ccc(NC(=O)[C@H]3C[C@@H](OC)CN3C(=O)Nc3ccc(C)cc3)c(F)c2)C1=O. The van der Waals surface area contributed by atoms with Gasteiger partial charge in [-0.25, -0.2) is 9.18 Å². The number of benzene rings is 2. The summed E-state index contributed by atoms with van der Waals surface area (Å²) in [6, 6.07) is 9.95. The van der Waals surface area contributed by atoms with Crippen LogP contribution in [0.2, 0.25) is 0 Å². The van der Waals surface area contributed by atoms with Gasteiger partial charge in [0.25, 0.3) is 0 Å². The van der Waals surface area contributed by atoms with E-state index in [1.54, 1.807) is 19.1 Å². The Labute approximate surface area is 226 Å². The van der Waals surface area contributed by atoms with Crippen LogP contribution < -0.4 is 15.5 Å². The van der Waals surface area contributed by atoms with E-state index in [0.29, 0.717) is 25.1 Å². The molecule has 2 aliphatic rings. The quantitative estimate of drug-likeness (QED) is 0.409. The maximum Gasteiger partial charge on any atom is 0.322 e. The van der Waals surface area contributed by atoms with Gasteiger partial charge < -0.3 is 29.9 Å². The first-order valence-electron chi connectivity index (χ1n) is 13.0. The van der Waals surface area contributed by atoms with Crippen LogP contribution in [0.5, 0.6) is 0 Å². The van der Waals surface area contributed by atoms with Crippen LogP contribution in [0.25, 0.3) is 0 Å². The van der Waals surface area contributed by atoms with Crippen molar-refractivity contribution in [2.45, 2.75) is 45.3 Å². The highest BCUT2D eigenvalue weighted by Gasteiger charge is 2.40. The van der Waals surface area contributed by atoms with Crippen molar-refractivity contribution < 1.29 is 33.0 Å². The van der Waals surface area contributed by atoms with E-state index in [0.717, 1.165) is 11.6 Å². The fourth-order valence-electron chi connectivity index (χ4n) is 4.86. The van der Waals surface area contributed by atoms with Crippen molar-refractivity contribution in [2.24, 2.45) is 5.92 Å². The number of esters is 1. The average Bonchev–Trinajstić information content (AvgIpc) is 3.36. The molecule has 0 spiro atoms. The largest absolute Gasteiger partial charge is 0.465 e. The second-order valence-corrected chi connectivity index (χ2v) is 9.65. The van der Waals surface area contributed by atoms with Crippen LogP contribution in [-0.4, -0.2) is 67.7 Å². The number of hydrogen-bond acceptors (Lipinski definition) is 6. The molecule has 0 bridgehead atoms. The van der Waals surface area contributed by atoms with Gasteiger partial charge in [-0.05, 0) is 57.0 Å². The second-order valence-electron chi connectivity index (χ2n) is 9.65. The fraction of sp³-hybridized carbons (Fsp3) is 0.429. The fourth-order valence-corrected chi connectivity index (χ4v) is 4.86. The summed E-state index contributed by atoms with van der Waals surface area (Å²) in [7, 11) is 1.51. The first-order chi connectivity index (χ1) is 18.7. The summed E-state index contributed by atoms with van der Waals surface area (Å²) in [5.41, 5.74) is 1.82. The number of carbonyl (C=O) groups excluding carboxylic acids is 4. The van der Waals surface area contributed by atoms with Crippen LogP contribution in [0.1, 0.15) is 31.7 Å². The van der Waals surface area contributed by atoms with Crippen molar-refractivity contribution in [3.05, 3.63) is 53.8 Å². The van der Waals surface area contributed by atoms with Gasteiger partial charge in [0.2, 0.25) is 11.8 Å². The van der Waals surface area contributed by atoms with Crippen molar-refractivity contribution in [2.75, 3.05) is 42.3 Å². The van der Waals surface area contributed by atoms with Crippen molar-refractivity contribution in [3.8, 4) is 0 Å². The minimum Gasteiger partial charge on any atom is -0.465 e. The topological polar surface area (TPSA) is 117 Å². The van der Waals surface area contributed by atoms with Crippen molar-refractivity contribution >= 4 is 40.9 Å². The number of methoxy groups -OCH3 is 1. The van der Waals surface area contributed by atoms with E-state index < -0.39 is 41.6 Å². The highest BCUT2D eigenvalue weighted by atomic mass is 19.1. The predicted octanol–water partition coefficient (Wildman–Crippen LogP) is 3.70. The number of likely N-dealkylation sites (tertiary alicyclic amines) is 1. The number of anilines is 3. The molecule has 3 atom stereocenters. The summed E-state index contributed by atoms with van der Waals surface area (Å²) in [4.78, 5) is 53.9. The van der Waals surface area contributed by atoms with Crippen LogP contribution >= 0.6 is 0 Å². The van der Waals surface area contributed by atoms with E-state index in [-0.39, 0.29) is 37.1 Å². The summed E-state index contributed by atoms with van der Waals surface area (Å²) < 4.78 is 25.5. The molecule has 0 radical (unpaired) electrons. The molecule has 0 saturated carbocycles. The molecule has 0 aromatic heterocycles. The molecule has 2 heterocycles. The molecule has 1 unspecified atom stereocenters. The summed E-state index contributed by atoms with van der Waals surface area (Å²) >= 11 is 0. The van der Waals surface area contributed by atoms with Crippen molar-refractivity contribution in [1.82, 2.24) is 4.90 Å². The van der Waals surface area contributed by atoms with Gasteiger partial charge in [-0.3, -0.25) is 14.4 Å². The van der Waals surface area contributed by atoms with Gasteiger partial charge in [-0.15, -0.1) is 0 Å². The third kappa shape index (κ3) is 6.36. The van der Waals surface area contributed by atoms with Crippen LogP contribution in [0, 0.1) is 18.7 Å². The van der Waals surface area contributed by atoms with Gasteiger partial charge in [0.1, 0.15) is 17.8 Å². The molecule has 4 amide bonds. The molecular weight excluding hydrogens is 507 g/mol. The van der Waals surface area contributed by atoms with Crippen LogP contribution in [0.4, 0.5) is 26.2 Å². The summed E-state index contributed by atoms with van der Waals surface area (Å²) in [5.74, 6) is -3.25. The third-order valence-electron chi connectivity index (χ3n) is 6.99. The number of hydrogen-bond donors (Lipinski definition) is 2. The van der Waals surface area contributed by atoms with Crippen LogP contribution in [0.3, 0.4) is 0 Å². The Morgan fingerprint density at radius 2 is 1.85 bits per heavy atom. The van der Waals surface area contributed by atoms with Crippen molar-refractivity contribution in [3.63, 3.8) is 0 Å². The molecule has 11 heteroatoms. The lowest BCUT2D eigenvalue weighted by atomic mass is 9.96. The van der Waals surface area contributed by atoms with E-state index in [9.17, 15) is 19.2 Å². The lowest BCUT2D eigenvalue weighted by Crippen LogP contribution is -2.45. The van der Waals surface area contributed by atoms with Crippen LogP contribution in [0.15, 0.2) is 42.5 Å². The molecule has 2 N–H and O–H groups in total. The maximum atomic E-state index is 15.1. The van der Waals surface area contributed by atoms with E-state index in [1.165, 1.54) is 29.0 Å². The molecule has 4 rings (SSSR count). The molecule has 2 fully saturated rings. The number of amides is 4. The number of nitrogens with one attached hydrogen (secondary N) is 2. The Morgan fingerprint density at radius 1 is 1.10 bits per heavy atom. The predicted molar refractivity (Wildman–Crippen MR) is 143 cm³/mol. The minimum absolute atomic E-state index is 0.0880. The Kier molecular flexibility index (Phi) is 8.80.